The smallest absolute Gasteiger partial charge is 0.232 e. The van der Waals surface area contributed by atoms with Crippen molar-refractivity contribution in [1.29, 1.82) is 0 Å². The van der Waals surface area contributed by atoms with Gasteiger partial charge in [0.2, 0.25) is 17.7 Å². The Morgan fingerprint density at radius 1 is 1.00 bits per heavy atom. The summed E-state index contributed by atoms with van der Waals surface area (Å²) in [5, 5.41) is 0.543. The van der Waals surface area contributed by atoms with E-state index in [-0.39, 0.29) is 23.2 Å². The Morgan fingerprint density at radius 2 is 1.74 bits per heavy atom. The first-order valence-electron chi connectivity index (χ1n) is 18.7. The second-order valence-corrected chi connectivity index (χ2v) is 16.1. The molecule has 4 heterocycles. The second-order valence-electron chi connectivity index (χ2n) is 15.7. The Bertz CT molecular complexity index is 1700. The van der Waals surface area contributed by atoms with Gasteiger partial charge in [-0.15, -0.1) is 0 Å². The van der Waals surface area contributed by atoms with E-state index in [4.69, 9.17) is 30.7 Å². The van der Waals surface area contributed by atoms with Gasteiger partial charge >= 0.3 is 0 Å². The number of hydrogen-bond acceptors (Lipinski definition) is 8. The molecule has 1 aliphatic heterocycles. The third-order valence-electron chi connectivity index (χ3n) is 12.4. The van der Waals surface area contributed by atoms with E-state index in [0.29, 0.717) is 46.9 Å². The summed E-state index contributed by atoms with van der Waals surface area (Å²) < 4.78 is 11.1. The molecule has 2 amide bonds. The highest BCUT2D eigenvalue weighted by molar-refractivity contribution is 6.31. The average molecular weight is 701 g/mol. The number of hydrogen-bond donors (Lipinski definition) is 0. The lowest BCUT2D eigenvalue weighted by atomic mass is 9.77. The fourth-order valence-electron chi connectivity index (χ4n) is 8.87. The molecule has 0 bridgehead atoms. The van der Waals surface area contributed by atoms with E-state index >= 15 is 0 Å². The second kappa shape index (κ2) is 13.9. The molecule has 1 spiro atoms. The number of carbonyl (C=O) groups excluding carboxylic acids is 2. The predicted molar refractivity (Wildman–Crippen MR) is 191 cm³/mol. The van der Waals surface area contributed by atoms with Crippen LogP contribution in [0.3, 0.4) is 0 Å². The minimum absolute atomic E-state index is 0.0663. The summed E-state index contributed by atoms with van der Waals surface area (Å²) in [6.07, 6.45) is 16.2. The van der Waals surface area contributed by atoms with Gasteiger partial charge in [-0.3, -0.25) is 14.5 Å². The van der Waals surface area contributed by atoms with E-state index in [1.54, 1.807) is 19.6 Å². The maximum absolute atomic E-state index is 14.6. The largest absolute Gasteiger partial charge is 0.480 e. The van der Waals surface area contributed by atoms with E-state index in [1.165, 1.54) is 0 Å². The summed E-state index contributed by atoms with van der Waals surface area (Å²) in [4.78, 5) is 48.3. The number of rotatable bonds is 9. The molecule has 1 unspecified atom stereocenters. The minimum Gasteiger partial charge on any atom is -0.480 e. The van der Waals surface area contributed by atoms with Crippen molar-refractivity contribution in [2.24, 2.45) is 23.2 Å². The molecule has 5 aliphatic rings. The lowest BCUT2D eigenvalue weighted by Crippen LogP contribution is -2.48. The molecule has 4 saturated carbocycles. The van der Waals surface area contributed by atoms with Crippen molar-refractivity contribution in [3.05, 3.63) is 53.3 Å². The number of ether oxygens (including phenoxy) is 1. The van der Waals surface area contributed by atoms with Crippen molar-refractivity contribution in [2.75, 3.05) is 51.8 Å². The quantitative estimate of drug-likeness (QED) is 0.236. The first-order chi connectivity index (χ1) is 24.3. The van der Waals surface area contributed by atoms with Crippen LogP contribution in [0, 0.1) is 23.2 Å². The topological polar surface area (TPSA) is 105 Å². The number of nitrogens with zero attached hydrogens (tertiary/aromatic N) is 6. The summed E-state index contributed by atoms with van der Waals surface area (Å²) in [6, 6.07) is 5.95. The Hall–Kier alpha value is -3.50. The van der Waals surface area contributed by atoms with Crippen LogP contribution in [0.4, 0.5) is 5.82 Å². The molecule has 3 aromatic rings. The molecule has 8 rings (SSSR count). The Balaban J connectivity index is 0.960. The van der Waals surface area contributed by atoms with Crippen LogP contribution in [-0.2, 0) is 9.59 Å². The molecular weight excluding hydrogens is 652 g/mol. The fourth-order valence-corrected chi connectivity index (χ4v) is 9.12. The maximum Gasteiger partial charge on any atom is 0.232 e. The SMILES string of the molecule is COc1ncc(C2CCC(CN(C(=O)C3CCC4(CC3)CC4C(=O)N3CCN(C)CC3)c3cc(-c4coc(C5CC5)n4)ccn3)CC2)cc1Cl. The molecule has 11 heteroatoms. The lowest BCUT2D eigenvalue weighted by Gasteiger charge is -2.36. The molecule has 50 heavy (non-hydrogen) atoms. The van der Waals surface area contributed by atoms with Gasteiger partial charge in [-0.2, -0.15) is 0 Å². The van der Waals surface area contributed by atoms with Crippen LogP contribution >= 0.6 is 11.6 Å². The Morgan fingerprint density at radius 3 is 2.44 bits per heavy atom. The van der Waals surface area contributed by atoms with Crippen molar-refractivity contribution in [3.8, 4) is 17.1 Å². The van der Waals surface area contributed by atoms with E-state index in [2.05, 4.69) is 21.8 Å². The highest BCUT2D eigenvalue weighted by Gasteiger charge is 2.60. The molecule has 0 radical (unpaired) electrons. The summed E-state index contributed by atoms with van der Waals surface area (Å²) in [7, 11) is 3.70. The van der Waals surface area contributed by atoms with Crippen LogP contribution in [-0.4, -0.2) is 83.4 Å². The number of likely N-dealkylation sites (N-methyl/N-ethyl adjacent to an activating group) is 1. The molecule has 10 nitrogen and oxygen atoms in total. The lowest BCUT2D eigenvalue weighted by molar-refractivity contribution is -0.135. The minimum atomic E-state index is -0.0663. The average Bonchev–Trinajstić information content (AvgIpc) is 4.07. The summed E-state index contributed by atoms with van der Waals surface area (Å²) in [5.74, 6) is 3.69. The molecule has 1 atom stereocenters. The molecular formula is C39H49ClN6O4. The zero-order valence-corrected chi connectivity index (χ0v) is 30.1. The van der Waals surface area contributed by atoms with Crippen LogP contribution in [0.1, 0.15) is 93.9 Å². The van der Waals surface area contributed by atoms with Gasteiger partial charge in [0.05, 0.1) is 7.11 Å². The van der Waals surface area contributed by atoms with E-state index in [0.717, 1.165) is 120 Å². The number of piperazine rings is 1. The molecule has 3 aromatic heterocycles. The van der Waals surface area contributed by atoms with Gasteiger partial charge in [0.1, 0.15) is 22.8 Å². The zero-order valence-electron chi connectivity index (χ0n) is 29.4. The monoisotopic (exact) mass is 700 g/mol. The molecule has 4 aliphatic carbocycles. The van der Waals surface area contributed by atoms with E-state index in [1.807, 2.05) is 29.3 Å². The molecule has 5 fully saturated rings. The molecule has 1 saturated heterocycles. The third-order valence-corrected chi connectivity index (χ3v) is 12.7. The maximum atomic E-state index is 14.6. The first-order valence-corrected chi connectivity index (χ1v) is 19.1. The molecule has 0 aromatic carbocycles. The van der Waals surface area contributed by atoms with Gasteiger partial charge in [-0.1, -0.05) is 11.6 Å². The number of oxazole rings is 1. The number of methoxy groups -OCH3 is 1. The summed E-state index contributed by atoms with van der Waals surface area (Å²) in [5.41, 5.74) is 2.95. The number of anilines is 1. The zero-order chi connectivity index (χ0) is 34.4. The van der Waals surface area contributed by atoms with Gasteiger partial charge in [0.25, 0.3) is 0 Å². The summed E-state index contributed by atoms with van der Waals surface area (Å²) in [6.45, 7) is 4.18. The van der Waals surface area contributed by atoms with Gasteiger partial charge < -0.3 is 19.0 Å². The van der Waals surface area contributed by atoms with Crippen LogP contribution in [0.15, 0.2) is 41.3 Å². The first kappa shape index (κ1) is 33.6. The number of carbonyl (C=O) groups is 2. The highest BCUT2D eigenvalue weighted by Crippen LogP contribution is 2.63. The van der Waals surface area contributed by atoms with Crippen molar-refractivity contribution in [3.63, 3.8) is 0 Å². The number of amides is 2. The van der Waals surface area contributed by atoms with Gasteiger partial charge in [-0.05, 0) is 119 Å². The third kappa shape index (κ3) is 6.90. The number of halogens is 1. The Kier molecular flexibility index (Phi) is 9.35. The van der Waals surface area contributed by atoms with Crippen molar-refractivity contribution in [2.45, 2.75) is 82.5 Å². The van der Waals surface area contributed by atoms with Gasteiger partial charge in [0.15, 0.2) is 5.89 Å². The van der Waals surface area contributed by atoms with Gasteiger partial charge in [0, 0.05) is 68.4 Å². The van der Waals surface area contributed by atoms with Crippen molar-refractivity contribution >= 4 is 29.2 Å². The van der Waals surface area contributed by atoms with Crippen molar-refractivity contribution in [1.82, 2.24) is 24.8 Å². The van der Waals surface area contributed by atoms with Crippen LogP contribution in [0.2, 0.25) is 5.02 Å². The van der Waals surface area contributed by atoms with E-state index < -0.39 is 0 Å². The van der Waals surface area contributed by atoms with Crippen LogP contribution in [0.5, 0.6) is 5.88 Å². The molecule has 266 valence electrons. The summed E-state index contributed by atoms with van der Waals surface area (Å²) >= 11 is 6.42. The number of pyridine rings is 2. The fraction of sp³-hybridized carbons (Fsp3) is 0.615. The van der Waals surface area contributed by atoms with Crippen LogP contribution in [0.25, 0.3) is 11.3 Å². The van der Waals surface area contributed by atoms with E-state index in [9.17, 15) is 9.59 Å². The predicted octanol–water partition coefficient (Wildman–Crippen LogP) is 6.95. The van der Waals surface area contributed by atoms with Crippen molar-refractivity contribution < 1.29 is 18.7 Å². The number of aromatic nitrogens is 3. The van der Waals surface area contributed by atoms with Crippen LogP contribution < -0.4 is 9.64 Å². The Labute approximate surface area is 299 Å². The molecule has 0 N–H and O–H groups in total. The van der Waals surface area contributed by atoms with Gasteiger partial charge in [-0.25, -0.2) is 15.0 Å². The standard InChI is InChI=1S/C39H49ClN6O4/c1-44-15-17-45(18-16-44)38(48)31-21-39(31)12-9-28(10-13-39)37(47)46(34-20-29(11-14-41-34)33-24-50-35(43-33)27-7-8-27)23-25-3-5-26(6-4-25)30-19-32(40)36(49-2)42-22-30/h11,14,19-20,22,24-28,31H,3-10,12-13,15-18,21,23H2,1-2H3. The normalized spacial score (nSPS) is 28.4. The highest BCUT2D eigenvalue weighted by atomic mass is 35.5.